The van der Waals surface area contributed by atoms with Crippen LogP contribution in [-0.2, 0) is 6.42 Å². The van der Waals surface area contributed by atoms with E-state index < -0.39 is 6.04 Å². The number of amides is 1. The number of benzene rings is 2. The van der Waals surface area contributed by atoms with Gasteiger partial charge in [-0.15, -0.1) is 0 Å². The number of carbonyl (C=O) groups excluding carboxylic acids is 1. The number of hydrogen-bond donors (Lipinski definition) is 0. The molecule has 0 fully saturated rings. The minimum absolute atomic E-state index is 0.120. The van der Waals surface area contributed by atoms with E-state index in [1.165, 1.54) is 4.90 Å². The Morgan fingerprint density at radius 1 is 1.16 bits per heavy atom. The molecule has 1 aliphatic heterocycles. The molecule has 5 heteroatoms. The van der Waals surface area contributed by atoms with Crippen LogP contribution in [0, 0.1) is 0 Å². The molecule has 1 aromatic heterocycles. The summed E-state index contributed by atoms with van der Waals surface area (Å²) >= 11 is 6.10. The molecule has 0 aliphatic carbocycles. The van der Waals surface area contributed by atoms with E-state index in [0.29, 0.717) is 21.6 Å². The number of nitrogens with zero attached hydrogens (tertiary/aromatic N) is 1. The number of aryl methyl sites for hydroxylation is 1. The first-order valence-electron chi connectivity index (χ1n) is 8.13. The zero-order chi connectivity index (χ0) is 17.7. The van der Waals surface area contributed by atoms with Gasteiger partial charge in [0.15, 0.2) is 5.43 Å². The van der Waals surface area contributed by atoms with E-state index in [0.717, 1.165) is 17.5 Å². The quantitative estimate of drug-likeness (QED) is 0.694. The molecule has 2 heterocycles. The highest BCUT2D eigenvalue weighted by Gasteiger charge is 2.40. The Labute approximate surface area is 149 Å². The van der Waals surface area contributed by atoms with Crippen LogP contribution in [0.15, 0.2) is 51.7 Å². The summed E-state index contributed by atoms with van der Waals surface area (Å²) in [5, 5.41) is 1.07. The second-order valence-corrected chi connectivity index (χ2v) is 6.67. The van der Waals surface area contributed by atoms with Crippen molar-refractivity contribution < 1.29 is 9.21 Å². The summed E-state index contributed by atoms with van der Waals surface area (Å²) in [6, 6.07) is 12.2. The first kappa shape index (κ1) is 15.9. The average Bonchev–Trinajstić information content (AvgIpc) is 2.87. The summed E-state index contributed by atoms with van der Waals surface area (Å²) in [6.45, 7) is 2.03. The molecule has 0 spiro atoms. The Morgan fingerprint density at radius 2 is 1.96 bits per heavy atom. The van der Waals surface area contributed by atoms with E-state index in [1.807, 2.05) is 31.2 Å². The fourth-order valence-corrected chi connectivity index (χ4v) is 3.62. The van der Waals surface area contributed by atoms with Crippen LogP contribution in [0.5, 0.6) is 0 Å². The van der Waals surface area contributed by atoms with Crippen LogP contribution in [0.2, 0.25) is 5.02 Å². The summed E-state index contributed by atoms with van der Waals surface area (Å²) in [6.07, 6.45) is 0.822. The summed E-state index contributed by atoms with van der Waals surface area (Å²) in [5.41, 5.74) is 2.51. The van der Waals surface area contributed by atoms with Crippen LogP contribution in [-0.4, -0.2) is 17.9 Å². The second-order valence-electron chi connectivity index (χ2n) is 6.23. The molecule has 4 rings (SSSR count). The summed E-state index contributed by atoms with van der Waals surface area (Å²) < 4.78 is 5.83. The predicted octanol–water partition coefficient (Wildman–Crippen LogP) is 4.18. The molecule has 1 unspecified atom stereocenters. The first-order chi connectivity index (χ1) is 12.0. The van der Waals surface area contributed by atoms with Crippen molar-refractivity contribution in [3.63, 3.8) is 0 Å². The van der Waals surface area contributed by atoms with E-state index in [4.69, 9.17) is 16.0 Å². The van der Waals surface area contributed by atoms with Crippen LogP contribution in [0.1, 0.15) is 40.2 Å². The molecule has 25 heavy (non-hydrogen) atoms. The molecule has 0 radical (unpaired) electrons. The maximum absolute atomic E-state index is 13.2. The third-order valence-electron chi connectivity index (χ3n) is 4.74. The fourth-order valence-electron chi connectivity index (χ4n) is 3.42. The van der Waals surface area contributed by atoms with E-state index in [9.17, 15) is 9.59 Å². The Morgan fingerprint density at radius 3 is 2.68 bits per heavy atom. The third kappa shape index (κ3) is 2.36. The molecule has 0 N–H and O–H groups in total. The minimum atomic E-state index is -0.493. The van der Waals surface area contributed by atoms with E-state index in [-0.39, 0.29) is 17.1 Å². The van der Waals surface area contributed by atoms with Gasteiger partial charge < -0.3 is 9.32 Å². The van der Waals surface area contributed by atoms with Gasteiger partial charge in [-0.25, -0.2) is 0 Å². The van der Waals surface area contributed by atoms with Crippen LogP contribution in [0.4, 0.5) is 0 Å². The van der Waals surface area contributed by atoms with Gasteiger partial charge in [-0.3, -0.25) is 9.59 Å². The lowest BCUT2D eigenvalue weighted by molar-refractivity contribution is 0.0771. The van der Waals surface area contributed by atoms with Gasteiger partial charge in [0, 0.05) is 12.1 Å². The highest BCUT2D eigenvalue weighted by molar-refractivity contribution is 6.30. The van der Waals surface area contributed by atoms with Gasteiger partial charge >= 0.3 is 0 Å². The topological polar surface area (TPSA) is 50.5 Å². The zero-order valence-corrected chi connectivity index (χ0v) is 14.6. The number of fused-ring (bicyclic) bond motifs is 2. The lowest BCUT2D eigenvalue weighted by Gasteiger charge is -2.20. The molecule has 4 nitrogen and oxygen atoms in total. The van der Waals surface area contributed by atoms with Crippen molar-refractivity contribution in [1.29, 1.82) is 0 Å². The molecular formula is C20H16ClNO3. The van der Waals surface area contributed by atoms with Gasteiger partial charge in [0.2, 0.25) is 5.76 Å². The largest absolute Gasteiger partial charge is 0.450 e. The molecule has 3 aromatic rings. The summed E-state index contributed by atoms with van der Waals surface area (Å²) in [5.74, 6) is -0.173. The third-order valence-corrected chi connectivity index (χ3v) is 4.97. The summed E-state index contributed by atoms with van der Waals surface area (Å²) in [7, 11) is 1.67. The second kappa shape index (κ2) is 5.74. The van der Waals surface area contributed by atoms with Crippen molar-refractivity contribution in [2.75, 3.05) is 7.05 Å². The molecule has 0 bridgehead atoms. The SMILES string of the molecule is CCc1ccc2oc3c(c(=O)c2c1)C(c1cccc(Cl)c1)N(C)C3=O. The van der Waals surface area contributed by atoms with Gasteiger partial charge in [-0.1, -0.05) is 36.7 Å². The van der Waals surface area contributed by atoms with Crippen molar-refractivity contribution in [3.8, 4) is 0 Å². The van der Waals surface area contributed by atoms with Crippen LogP contribution in [0.25, 0.3) is 11.0 Å². The smallest absolute Gasteiger partial charge is 0.290 e. The van der Waals surface area contributed by atoms with Crippen molar-refractivity contribution in [1.82, 2.24) is 4.90 Å². The standard InChI is InChI=1S/C20H16ClNO3/c1-3-11-7-8-15-14(9-11)18(23)16-17(12-5-4-6-13(21)10-12)22(2)20(24)19(16)25-15/h4-10,17H,3H2,1-2H3. The predicted molar refractivity (Wildman–Crippen MR) is 97.3 cm³/mol. The Bertz CT molecular complexity index is 1070. The summed E-state index contributed by atoms with van der Waals surface area (Å²) in [4.78, 5) is 27.3. The zero-order valence-electron chi connectivity index (χ0n) is 13.9. The Hall–Kier alpha value is -2.59. The molecule has 1 amide bonds. The number of hydrogen-bond acceptors (Lipinski definition) is 3. The minimum Gasteiger partial charge on any atom is -0.450 e. The van der Waals surface area contributed by atoms with Crippen molar-refractivity contribution >= 4 is 28.5 Å². The lowest BCUT2D eigenvalue weighted by atomic mass is 9.98. The Kier molecular flexibility index (Phi) is 3.65. The molecule has 0 saturated carbocycles. The molecule has 2 aromatic carbocycles. The molecular weight excluding hydrogens is 338 g/mol. The highest BCUT2D eigenvalue weighted by Crippen LogP contribution is 2.37. The Balaban J connectivity index is 2.03. The van der Waals surface area contributed by atoms with Crippen LogP contribution in [0.3, 0.4) is 0 Å². The average molecular weight is 354 g/mol. The number of rotatable bonds is 2. The van der Waals surface area contributed by atoms with Gasteiger partial charge in [0.1, 0.15) is 5.58 Å². The van der Waals surface area contributed by atoms with Gasteiger partial charge in [-0.2, -0.15) is 0 Å². The van der Waals surface area contributed by atoms with E-state index >= 15 is 0 Å². The number of halogens is 1. The molecule has 1 atom stereocenters. The van der Waals surface area contributed by atoms with Crippen molar-refractivity contribution in [3.05, 3.63) is 80.2 Å². The lowest BCUT2D eigenvalue weighted by Crippen LogP contribution is -2.25. The van der Waals surface area contributed by atoms with Gasteiger partial charge in [-0.05, 0) is 41.8 Å². The molecule has 126 valence electrons. The van der Waals surface area contributed by atoms with Crippen LogP contribution >= 0.6 is 11.6 Å². The van der Waals surface area contributed by atoms with Gasteiger partial charge in [0.05, 0.1) is 17.0 Å². The maximum atomic E-state index is 13.2. The fraction of sp³-hybridized carbons (Fsp3) is 0.200. The monoisotopic (exact) mass is 353 g/mol. The normalized spacial score (nSPS) is 16.5. The van der Waals surface area contributed by atoms with Crippen LogP contribution < -0.4 is 5.43 Å². The highest BCUT2D eigenvalue weighted by atomic mass is 35.5. The first-order valence-corrected chi connectivity index (χ1v) is 8.51. The van der Waals surface area contributed by atoms with Gasteiger partial charge in [0.25, 0.3) is 5.91 Å². The van der Waals surface area contributed by atoms with Crippen molar-refractivity contribution in [2.45, 2.75) is 19.4 Å². The molecule has 0 saturated heterocycles. The maximum Gasteiger partial charge on any atom is 0.290 e. The van der Waals surface area contributed by atoms with E-state index in [2.05, 4.69) is 0 Å². The van der Waals surface area contributed by atoms with E-state index in [1.54, 1.807) is 25.2 Å². The molecule has 1 aliphatic rings. The number of carbonyl (C=O) groups is 1. The van der Waals surface area contributed by atoms with Crippen molar-refractivity contribution in [2.24, 2.45) is 0 Å².